The molecule has 0 aromatic heterocycles. The fourth-order valence-electron chi connectivity index (χ4n) is 1.31. The predicted molar refractivity (Wildman–Crippen MR) is 73.0 cm³/mol. The SMILES string of the molecule is CC.CC.CC1=C(C)CN(C(=O)CCl)CC1. The standard InChI is InChI=1S/C9H14ClNO.2C2H6/c1-7-3-4-11(6-8(7)2)9(12)5-10;2*1-2/h3-6H2,1-2H3;2*1-2H3. The Hall–Kier alpha value is -0.500. The number of carbonyl (C=O) groups is 1. The molecule has 0 aromatic rings. The van der Waals surface area contributed by atoms with Crippen LogP contribution >= 0.6 is 11.6 Å². The van der Waals surface area contributed by atoms with E-state index < -0.39 is 0 Å². The number of carbonyl (C=O) groups excluding carboxylic acids is 1. The highest BCUT2D eigenvalue weighted by molar-refractivity contribution is 6.27. The van der Waals surface area contributed by atoms with Gasteiger partial charge in [-0.2, -0.15) is 0 Å². The maximum Gasteiger partial charge on any atom is 0.237 e. The number of nitrogens with zero attached hydrogens (tertiary/aromatic N) is 1. The van der Waals surface area contributed by atoms with E-state index in [2.05, 4.69) is 13.8 Å². The van der Waals surface area contributed by atoms with E-state index in [1.54, 1.807) is 0 Å². The van der Waals surface area contributed by atoms with Crippen LogP contribution in [-0.4, -0.2) is 29.8 Å². The first-order valence-corrected chi connectivity index (χ1v) is 6.67. The molecule has 1 heterocycles. The monoisotopic (exact) mass is 247 g/mol. The molecule has 3 heteroatoms. The zero-order valence-electron chi connectivity index (χ0n) is 11.6. The molecule has 0 bridgehead atoms. The van der Waals surface area contributed by atoms with Gasteiger partial charge in [0.25, 0.3) is 0 Å². The second kappa shape index (κ2) is 11.0. The molecule has 16 heavy (non-hydrogen) atoms. The number of rotatable bonds is 1. The minimum Gasteiger partial charge on any atom is -0.337 e. The first kappa shape index (κ1) is 17.9. The lowest BCUT2D eigenvalue weighted by molar-refractivity contribution is -0.128. The van der Waals surface area contributed by atoms with E-state index in [0.29, 0.717) is 0 Å². The van der Waals surface area contributed by atoms with Gasteiger partial charge >= 0.3 is 0 Å². The Bertz CT molecular complexity index is 224. The van der Waals surface area contributed by atoms with Gasteiger partial charge < -0.3 is 4.90 Å². The molecule has 1 aliphatic heterocycles. The van der Waals surface area contributed by atoms with Crippen LogP contribution in [0, 0.1) is 0 Å². The van der Waals surface area contributed by atoms with Crippen molar-refractivity contribution in [1.82, 2.24) is 4.90 Å². The van der Waals surface area contributed by atoms with Crippen molar-refractivity contribution < 1.29 is 4.79 Å². The summed E-state index contributed by atoms with van der Waals surface area (Å²) in [7, 11) is 0. The van der Waals surface area contributed by atoms with E-state index in [1.807, 2.05) is 32.6 Å². The van der Waals surface area contributed by atoms with Gasteiger partial charge in [0.1, 0.15) is 5.88 Å². The zero-order chi connectivity index (χ0) is 13.1. The lowest BCUT2D eigenvalue weighted by atomic mass is 10.0. The third kappa shape index (κ3) is 6.16. The maximum absolute atomic E-state index is 11.2. The molecule has 0 aliphatic carbocycles. The summed E-state index contributed by atoms with van der Waals surface area (Å²) in [5, 5.41) is 0. The Morgan fingerprint density at radius 2 is 1.69 bits per heavy atom. The van der Waals surface area contributed by atoms with Crippen LogP contribution in [0.5, 0.6) is 0 Å². The summed E-state index contributed by atoms with van der Waals surface area (Å²) in [5.74, 6) is 0.148. The third-order valence-electron chi connectivity index (χ3n) is 2.38. The van der Waals surface area contributed by atoms with Crippen LogP contribution in [0.2, 0.25) is 0 Å². The van der Waals surface area contributed by atoms with E-state index >= 15 is 0 Å². The van der Waals surface area contributed by atoms with Crippen molar-refractivity contribution in [1.29, 1.82) is 0 Å². The zero-order valence-corrected chi connectivity index (χ0v) is 12.3. The van der Waals surface area contributed by atoms with Gasteiger partial charge in [-0.25, -0.2) is 0 Å². The van der Waals surface area contributed by atoms with Gasteiger partial charge in [0.05, 0.1) is 0 Å². The van der Waals surface area contributed by atoms with E-state index in [1.165, 1.54) is 11.1 Å². The van der Waals surface area contributed by atoms with Crippen LogP contribution in [-0.2, 0) is 4.79 Å². The molecule has 0 N–H and O–H groups in total. The van der Waals surface area contributed by atoms with E-state index in [0.717, 1.165) is 19.5 Å². The predicted octanol–water partition coefficient (Wildman–Crippen LogP) is 3.85. The van der Waals surface area contributed by atoms with E-state index in [-0.39, 0.29) is 11.8 Å². The van der Waals surface area contributed by atoms with Gasteiger partial charge in [0, 0.05) is 13.1 Å². The van der Waals surface area contributed by atoms with Crippen molar-refractivity contribution in [2.75, 3.05) is 19.0 Å². The summed E-state index contributed by atoms with van der Waals surface area (Å²) in [4.78, 5) is 13.0. The van der Waals surface area contributed by atoms with Gasteiger partial charge in [0.15, 0.2) is 0 Å². The molecule has 0 spiro atoms. The number of hydrogen-bond donors (Lipinski definition) is 0. The average molecular weight is 248 g/mol. The van der Waals surface area contributed by atoms with Gasteiger partial charge in [0.2, 0.25) is 5.91 Å². The molecule has 1 rings (SSSR count). The van der Waals surface area contributed by atoms with Crippen molar-refractivity contribution in [2.45, 2.75) is 48.0 Å². The van der Waals surface area contributed by atoms with Crippen LogP contribution in [0.3, 0.4) is 0 Å². The minimum atomic E-state index is 0.0449. The third-order valence-corrected chi connectivity index (χ3v) is 2.61. The van der Waals surface area contributed by atoms with Gasteiger partial charge in [-0.3, -0.25) is 4.79 Å². The summed E-state index contributed by atoms with van der Waals surface area (Å²) in [6.07, 6.45) is 0.995. The number of hydrogen-bond acceptors (Lipinski definition) is 1. The highest BCUT2D eigenvalue weighted by Crippen LogP contribution is 2.16. The second-order valence-corrected chi connectivity index (χ2v) is 3.53. The van der Waals surface area contributed by atoms with Crippen LogP contribution in [0.1, 0.15) is 48.0 Å². The smallest absolute Gasteiger partial charge is 0.237 e. The van der Waals surface area contributed by atoms with E-state index in [9.17, 15) is 4.79 Å². The molecule has 1 amide bonds. The summed E-state index contributed by atoms with van der Waals surface area (Å²) in [6.45, 7) is 13.8. The fourth-order valence-corrected chi connectivity index (χ4v) is 1.48. The van der Waals surface area contributed by atoms with Gasteiger partial charge in [-0.1, -0.05) is 38.8 Å². The molecule has 1 aliphatic rings. The molecule has 0 unspecified atom stereocenters. The summed E-state index contributed by atoms with van der Waals surface area (Å²) >= 11 is 5.46. The Morgan fingerprint density at radius 3 is 2.06 bits per heavy atom. The molecule has 0 radical (unpaired) electrons. The number of alkyl halides is 1. The molecule has 0 saturated heterocycles. The number of amides is 1. The average Bonchev–Trinajstić information content (AvgIpc) is 2.36. The lowest BCUT2D eigenvalue weighted by Crippen LogP contribution is -2.37. The van der Waals surface area contributed by atoms with Crippen molar-refractivity contribution in [2.24, 2.45) is 0 Å². The lowest BCUT2D eigenvalue weighted by Gasteiger charge is -2.28. The topological polar surface area (TPSA) is 20.3 Å². The molecule has 0 saturated carbocycles. The highest BCUT2D eigenvalue weighted by atomic mass is 35.5. The van der Waals surface area contributed by atoms with Crippen molar-refractivity contribution in [3.05, 3.63) is 11.1 Å². The number of halogens is 1. The summed E-state index contributed by atoms with van der Waals surface area (Å²) in [6, 6.07) is 0. The second-order valence-electron chi connectivity index (χ2n) is 3.26. The Labute approximate surface area is 106 Å². The summed E-state index contributed by atoms with van der Waals surface area (Å²) in [5.41, 5.74) is 2.72. The molecule has 96 valence electrons. The molecule has 2 nitrogen and oxygen atoms in total. The Kier molecular flexibility index (Phi) is 12.3. The minimum absolute atomic E-state index is 0.0449. The van der Waals surface area contributed by atoms with E-state index in [4.69, 9.17) is 11.6 Å². The Morgan fingerprint density at radius 1 is 1.19 bits per heavy atom. The first-order chi connectivity index (χ1) is 7.65. The van der Waals surface area contributed by atoms with Crippen LogP contribution in [0.25, 0.3) is 0 Å². The maximum atomic E-state index is 11.2. The summed E-state index contributed by atoms with van der Waals surface area (Å²) < 4.78 is 0. The quantitative estimate of drug-likeness (QED) is 0.509. The van der Waals surface area contributed by atoms with Crippen molar-refractivity contribution in [3.63, 3.8) is 0 Å². The van der Waals surface area contributed by atoms with Gasteiger partial charge in [-0.15, -0.1) is 11.6 Å². The van der Waals surface area contributed by atoms with Gasteiger partial charge in [-0.05, 0) is 20.3 Å². The fraction of sp³-hybridized carbons (Fsp3) is 0.769. The molecular formula is C13H26ClNO. The molecule has 0 fully saturated rings. The highest BCUT2D eigenvalue weighted by Gasteiger charge is 2.17. The molecular weight excluding hydrogens is 222 g/mol. The first-order valence-electron chi connectivity index (χ1n) is 6.14. The van der Waals surface area contributed by atoms with Crippen molar-refractivity contribution >= 4 is 17.5 Å². The molecule has 0 atom stereocenters. The Balaban J connectivity index is 0. The van der Waals surface area contributed by atoms with Crippen molar-refractivity contribution in [3.8, 4) is 0 Å². The van der Waals surface area contributed by atoms with Crippen LogP contribution in [0.4, 0.5) is 0 Å². The normalized spacial score (nSPS) is 14.6. The largest absolute Gasteiger partial charge is 0.337 e. The van der Waals surface area contributed by atoms with Crippen LogP contribution in [0.15, 0.2) is 11.1 Å². The molecule has 0 aromatic carbocycles. The van der Waals surface area contributed by atoms with Crippen LogP contribution < -0.4 is 0 Å².